The van der Waals surface area contributed by atoms with Gasteiger partial charge in [0.15, 0.2) is 0 Å². The van der Waals surface area contributed by atoms with E-state index in [0.717, 1.165) is 25.7 Å². The quantitative estimate of drug-likeness (QED) is 0.751. The molecule has 3 heteroatoms. The van der Waals surface area contributed by atoms with Crippen molar-refractivity contribution in [3.8, 4) is 0 Å². The van der Waals surface area contributed by atoms with E-state index in [0.29, 0.717) is 6.42 Å². The van der Waals surface area contributed by atoms with Crippen LogP contribution in [-0.4, -0.2) is 23.2 Å². The molecule has 100 valence electrons. The second-order valence-electron chi connectivity index (χ2n) is 5.68. The minimum atomic E-state index is -0.253. The van der Waals surface area contributed by atoms with Crippen molar-refractivity contribution in [3.05, 3.63) is 0 Å². The summed E-state index contributed by atoms with van der Waals surface area (Å²) in [5, 5.41) is 12.3. The summed E-state index contributed by atoms with van der Waals surface area (Å²) in [6.45, 7) is 6.33. The molecule has 0 bridgehead atoms. The highest BCUT2D eigenvalue weighted by atomic mass is 16.3. The Kier molecular flexibility index (Phi) is 4.99. The van der Waals surface area contributed by atoms with E-state index in [-0.39, 0.29) is 23.5 Å². The Balaban J connectivity index is 2.69. The third-order valence-electron chi connectivity index (χ3n) is 4.58. The third-order valence-corrected chi connectivity index (χ3v) is 4.58. The van der Waals surface area contributed by atoms with E-state index in [2.05, 4.69) is 19.2 Å². The number of hydrogen-bond acceptors (Lipinski definition) is 2. The van der Waals surface area contributed by atoms with Crippen LogP contribution in [0.4, 0.5) is 0 Å². The van der Waals surface area contributed by atoms with Crippen molar-refractivity contribution in [3.63, 3.8) is 0 Å². The smallest absolute Gasteiger partial charge is 0.226 e. The highest BCUT2D eigenvalue weighted by molar-refractivity contribution is 5.83. The van der Waals surface area contributed by atoms with Gasteiger partial charge in [-0.3, -0.25) is 4.79 Å². The van der Waals surface area contributed by atoms with Gasteiger partial charge in [-0.05, 0) is 39.0 Å². The molecule has 1 atom stereocenters. The van der Waals surface area contributed by atoms with Crippen molar-refractivity contribution < 1.29 is 9.90 Å². The van der Waals surface area contributed by atoms with Gasteiger partial charge in [0.1, 0.15) is 0 Å². The molecule has 0 aromatic rings. The van der Waals surface area contributed by atoms with Crippen LogP contribution in [0.2, 0.25) is 0 Å². The van der Waals surface area contributed by atoms with Crippen LogP contribution >= 0.6 is 0 Å². The van der Waals surface area contributed by atoms with Gasteiger partial charge < -0.3 is 10.4 Å². The summed E-state index contributed by atoms with van der Waals surface area (Å²) < 4.78 is 0. The normalized spacial score (nSPS) is 22.1. The van der Waals surface area contributed by atoms with Crippen LogP contribution in [0.25, 0.3) is 0 Å². The molecule has 0 aromatic carbocycles. The van der Waals surface area contributed by atoms with Crippen LogP contribution in [0.5, 0.6) is 0 Å². The number of aliphatic hydroxyl groups excluding tert-OH is 1. The van der Waals surface area contributed by atoms with Crippen LogP contribution < -0.4 is 5.32 Å². The highest BCUT2D eigenvalue weighted by Crippen LogP contribution is 2.41. The molecule has 1 unspecified atom stereocenters. The molecule has 3 nitrogen and oxygen atoms in total. The lowest BCUT2D eigenvalue weighted by Crippen LogP contribution is -2.51. The Morgan fingerprint density at radius 2 is 1.94 bits per heavy atom. The molecular formula is C14H27NO2. The summed E-state index contributed by atoms with van der Waals surface area (Å²) in [6, 6.07) is 0. The van der Waals surface area contributed by atoms with E-state index in [1.54, 1.807) is 0 Å². The number of hydrogen-bond donors (Lipinski definition) is 2. The van der Waals surface area contributed by atoms with Gasteiger partial charge in [-0.1, -0.05) is 26.7 Å². The van der Waals surface area contributed by atoms with E-state index >= 15 is 0 Å². The van der Waals surface area contributed by atoms with Crippen LogP contribution in [-0.2, 0) is 4.79 Å². The van der Waals surface area contributed by atoms with Crippen LogP contribution in [0, 0.1) is 5.41 Å². The number of carbonyl (C=O) groups is 1. The zero-order chi connectivity index (χ0) is 12.9. The van der Waals surface area contributed by atoms with Gasteiger partial charge in [0.2, 0.25) is 5.91 Å². The molecule has 1 rings (SSSR count). The van der Waals surface area contributed by atoms with Gasteiger partial charge in [0.05, 0.1) is 0 Å². The summed E-state index contributed by atoms with van der Waals surface area (Å²) in [7, 11) is 0. The fourth-order valence-corrected chi connectivity index (χ4v) is 2.77. The summed E-state index contributed by atoms with van der Waals surface area (Å²) in [5.74, 6) is 0.204. The van der Waals surface area contributed by atoms with Crippen molar-refractivity contribution >= 4 is 5.91 Å². The van der Waals surface area contributed by atoms with Crippen LogP contribution in [0.15, 0.2) is 0 Å². The molecule has 0 aromatic heterocycles. The monoisotopic (exact) mass is 241 g/mol. The molecular weight excluding hydrogens is 214 g/mol. The summed E-state index contributed by atoms with van der Waals surface area (Å²) in [5.41, 5.74) is -0.386. The zero-order valence-corrected chi connectivity index (χ0v) is 11.5. The lowest BCUT2D eigenvalue weighted by atomic mass is 9.81. The largest absolute Gasteiger partial charge is 0.396 e. The maximum Gasteiger partial charge on any atom is 0.226 e. The molecule has 17 heavy (non-hydrogen) atoms. The summed E-state index contributed by atoms with van der Waals surface area (Å²) >= 11 is 0. The average Bonchev–Trinajstić information content (AvgIpc) is 2.79. The molecule has 1 saturated carbocycles. The molecule has 0 saturated heterocycles. The van der Waals surface area contributed by atoms with Gasteiger partial charge in [-0.2, -0.15) is 0 Å². The molecule has 0 heterocycles. The predicted molar refractivity (Wildman–Crippen MR) is 69.7 cm³/mol. The first-order valence-corrected chi connectivity index (χ1v) is 6.95. The SMILES string of the molecule is CCC(C)(CCO)NC(=O)C1(CC)CCCC1. The van der Waals surface area contributed by atoms with Crippen molar-refractivity contribution in [2.45, 2.75) is 71.3 Å². The van der Waals surface area contributed by atoms with Gasteiger partial charge >= 0.3 is 0 Å². The molecule has 0 radical (unpaired) electrons. The van der Waals surface area contributed by atoms with Gasteiger partial charge in [0, 0.05) is 17.6 Å². The maximum absolute atomic E-state index is 12.5. The van der Waals surface area contributed by atoms with Gasteiger partial charge in [-0.25, -0.2) is 0 Å². The van der Waals surface area contributed by atoms with E-state index < -0.39 is 0 Å². The third kappa shape index (κ3) is 3.21. The van der Waals surface area contributed by atoms with E-state index in [1.807, 2.05) is 6.92 Å². The Bertz CT molecular complexity index is 259. The molecule has 1 amide bonds. The first kappa shape index (κ1) is 14.5. The Morgan fingerprint density at radius 1 is 1.35 bits per heavy atom. The molecule has 0 aliphatic heterocycles. The second kappa shape index (κ2) is 5.85. The maximum atomic E-state index is 12.5. The van der Waals surface area contributed by atoms with Gasteiger partial charge in [-0.15, -0.1) is 0 Å². The van der Waals surface area contributed by atoms with Crippen molar-refractivity contribution in [2.24, 2.45) is 5.41 Å². The molecule has 0 spiro atoms. The minimum absolute atomic E-state index is 0.129. The first-order valence-electron chi connectivity index (χ1n) is 6.95. The zero-order valence-electron chi connectivity index (χ0n) is 11.5. The van der Waals surface area contributed by atoms with Crippen molar-refractivity contribution in [1.82, 2.24) is 5.32 Å². The molecule has 1 aliphatic rings. The summed E-state index contributed by atoms with van der Waals surface area (Å²) in [6.07, 6.45) is 6.81. The fraction of sp³-hybridized carbons (Fsp3) is 0.929. The lowest BCUT2D eigenvalue weighted by molar-refractivity contribution is -0.133. The van der Waals surface area contributed by atoms with Crippen LogP contribution in [0.3, 0.4) is 0 Å². The van der Waals surface area contributed by atoms with Gasteiger partial charge in [0.25, 0.3) is 0 Å². The number of rotatable bonds is 6. The number of nitrogens with one attached hydrogen (secondary N) is 1. The highest BCUT2D eigenvalue weighted by Gasteiger charge is 2.41. The lowest BCUT2D eigenvalue weighted by Gasteiger charge is -2.35. The number of aliphatic hydroxyl groups is 1. The standard InChI is InChI=1S/C14H27NO2/c1-4-13(3,10-11-16)15-12(17)14(5-2)8-6-7-9-14/h16H,4-11H2,1-3H3,(H,15,17). The molecule has 2 N–H and O–H groups in total. The second-order valence-corrected chi connectivity index (χ2v) is 5.68. The van der Waals surface area contributed by atoms with Crippen molar-refractivity contribution in [2.75, 3.05) is 6.61 Å². The Hall–Kier alpha value is -0.570. The molecule has 1 fully saturated rings. The van der Waals surface area contributed by atoms with Crippen molar-refractivity contribution in [1.29, 1.82) is 0 Å². The topological polar surface area (TPSA) is 49.3 Å². The fourth-order valence-electron chi connectivity index (χ4n) is 2.77. The number of carbonyl (C=O) groups excluding carboxylic acids is 1. The first-order chi connectivity index (χ1) is 8.02. The van der Waals surface area contributed by atoms with E-state index in [9.17, 15) is 4.79 Å². The Labute approximate surface area is 105 Å². The van der Waals surface area contributed by atoms with E-state index in [4.69, 9.17) is 5.11 Å². The Morgan fingerprint density at radius 3 is 2.35 bits per heavy atom. The minimum Gasteiger partial charge on any atom is -0.396 e. The van der Waals surface area contributed by atoms with E-state index in [1.165, 1.54) is 12.8 Å². The molecule has 1 aliphatic carbocycles. The summed E-state index contributed by atoms with van der Waals surface area (Å²) in [4.78, 5) is 12.5. The predicted octanol–water partition coefficient (Wildman–Crippen LogP) is 2.62. The van der Waals surface area contributed by atoms with Crippen LogP contribution in [0.1, 0.15) is 65.7 Å². The number of amides is 1. The average molecular weight is 241 g/mol.